The Balaban J connectivity index is 1.23. The minimum Gasteiger partial charge on any atom is -0.497 e. The van der Waals surface area contributed by atoms with Gasteiger partial charge in [0.25, 0.3) is 5.91 Å². The average Bonchev–Trinajstić information content (AvgIpc) is 3.24. The molecule has 174 valence electrons. The summed E-state index contributed by atoms with van der Waals surface area (Å²) in [4.78, 5) is 15.7. The number of likely N-dealkylation sites (tertiary alicyclic amines) is 1. The zero-order chi connectivity index (χ0) is 23.3. The summed E-state index contributed by atoms with van der Waals surface area (Å²) in [7, 11) is 1.70. The first-order valence-electron chi connectivity index (χ1n) is 12.0. The summed E-state index contributed by atoms with van der Waals surface area (Å²) in [5.74, 6) is 0.917. The number of piperidine rings is 1. The minimum absolute atomic E-state index is 0.0225. The fraction of sp³-hybridized carbons (Fsp3) is 0.276. The summed E-state index contributed by atoms with van der Waals surface area (Å²) in [6.07, 6.45) is 3.92. The van der Waals surface area contributed by atoms with Crippen molar-refractivity contribution in [1.82, 2.24) is 14.8 Å². The Labute approximate surface area is 201 Å². The predicted octanol–water partition coefficient (Wildman–Crippen LogP) is 5.09. The van der Waals surface area contributed by atoms with E-state index in [1.165, 1.54) is 11.1 Å². The molecule has 0 bridgehead atoms. The van der Waals surface area contributed by atoms with Gasteiger partial charge in [0.15, 0.2) is 0 Å². The molecular weight excluding hydrogens is 422 g/mol. The lowest BCUT2D eigenvalue weighted by atomic mass is 10.0. The SMILES string of the molecule is COc1cccc(CN2CCC(NC(=O)c3cn(Cc4ccccc4)c4ccccc34)CC2)c1. The van der Waals surface area contributed by atoms with E-state index in [1.807, 2.05) is 42.6 Å². The summed E-state index contributed by atoms with van der Waals surface area (Å²) in [6.45, 7) is 3.60. The van der Waals surface area contributed by atoms with Crippen LogP contribution in [0.15, 0.2) is 85.1 Å². The van der Waals surface area contributed by atoms with Gasteiger partial charge in [-0.25, -0.2) is 0 Å². The topological polar surface area (TPSA) is 46.5 Å². The molecule has 0 unspecified atom stereocenters. The van der Waals surface area contributed by atoms with Gasteiger partial charge in [-0.15, -0.1) is 0 Å². The van der Waals surface area contributed by atoms with Gasteiger partial charge in [-0.2, -0.15) is 0 Å². The summed E-state index contributed by atoms with van der Waals surface area (Å²) in [5.41, 5.74) is 4.32. The number of methoxy groups -OCH3 is 1. The molecule has 2 heterocycles. The second-order valence-corrected chi connectivity index (χ2v) is 9.05. The van der Waals surface area contributed by atoms with Crippen LogP contribution in [-0.2, 0) is 13.1 Å². The van der Waals surface area contributed by atoms with Crippen molar-refractivity contribution >= 4 is 16.8 Å². The van der Waals surface area contributed by atoms with Crippen LogP contribution in [0, 0.1) is 0 Å². The molecule has 0 aliphatic carbocycles. The van der Waals surface area contributed by atoms with Gasteiger partial charge in [0.1, 0.15) is 5.75 Å². The summed E-state index contributed by atoms with van der Waals surface area (Å²) < 4.78 is 7.52. The molecule has 0 radical (unpaired) electrons. The predicted molar refractivity (Wildman–Crippen MR) is 136 cm³/mol. The minimum atomic E-state index is 0.0225. The van der Waals surface area contributed by atoms with Crippen LogP contribution in [0.3, 0.4) is 0 Å². The molecule has 34 heavy (non-hydrogen) atoms. The fourth-order valence-electron chi connectivity index (χ4n) is 4.87. The largest absolute Gasteiger partial charge is 0.497 e. The van der Waals surface area contributed by atoms with Gasteiger partial charge in [0.2, 0.25) is 0 Å². The van der Waals surface area contributed by atoms with Crippen molar-refractivity contribution in [1.29, 1.82) is 0 Å². The Morgan fingerprint density at radius 2 is 1.65 bits per heavy atom. The third kappa shape index (κ3) is 5.00. The lowest BCUT2D eigenvalue weighted by Gasteiger charge is -2.32. The van der Waals surface area contributed by atoms with Crippen molar-refractivity contribution in [2.45, 2.75) is 32.0 Å². The molecule has 1 aliphatic heterocycles. The van der Waals surface area contributed by atoms with Crippen molar-refractivity contribution < 1.29 is 9.53 Å². The van der Waals surface area contributed by atoms with E-state index >= 15 is 0 Å². The highest BCUT2D eigenvalue weighted by atomic mass is 16.5. The van der Waals surface area contributed by atoms with Gasteiger partial charge in [0, 0.05) is 49.3 Å². The Kier molecular flexibility index (Phi) is 6.63. The molecule has 1 saturated heterocycles. The number of carbonyl (C=O) groups is 1. The van der Waals surface area contributed by atoms with E-state index < -0.39 is 0 Å². The van der Waals surface area contributed by atoms with Crippen LogP contribution >= 0.6 is 0 Å². The lowest BCUT2D eigenvalue weighted by Crippen LogP contribution is -2.44. The van der Waals surface area contributed by atoms with E-state index in [1.54, 1.807) is 7.11 Å². The number of rotatable bonds is 7. The van der Waals surface area contributed by atoms with Gasteiger partial charge in [-0.05, 0) is 42.2 Å². The average molecular weight is 454 g/mol. The Bertz CT molecular complexity index is 1260. The maximum Gasteiger partial charge on any atom is 0.253 e. The van der Waals surface area contributed by atoms with Crippen molar-refractivity contribution in [3.05, 3.63) is 102 Å². The first-order chi connectivity index (χ1) is 16.7. The number of ether oxygens (including phenoxy) is 1. The van der Waals surface area contributed by atoms with Crippen LogP contribution < -0.4 is 10.1 Å². The Morgan fingerprint density at radius 3 is 2.44 bits per heavy atom. The molecule has 1 amide bonds. The molecule has 0 saturated carbocycles. The first kappa shape index (κ1) is 22.2. The normalized spacial score (nSPS) is 14.9. The third-order valence-corrected chi connectivity index (χ3v) is 6.69. The summed E-state index contributed by atoms with van der Waals surface area (Å²) in [5, 5.41) is 4.31. The number of fused-ring (bicyclic) bond motifs is 1. The zero-order valence-electron chi connectivity index (χ0n) is 19.6. The molecule has 1 aliphatic rings. The molecule has 5 rings (SSSR count). The van der Waals surface area contributed by atoms with E-state index in [0.29, 0.717) is 0 Å². The van der Waals surface area contributed by atoms with Gasteiger partial charge in [0.05, 0.1) is 12.7 Å². The van der Waals surface area contributed by atoms with E-state index in [4.69, 9.17) is 4.74 Å². The first-order valence-corrected chi connectivity index (χ1v) is 12.0. The number of benzene rings is 3. The molecule has 0 spiro atoms. The highest BCUT2D eigenvalue weighted by Gasteiger charge is 2.23. The van der Waals surface area contributed by atoms with E-state index in [2.05, 4.69) is 57.2 Å². The number of para-hydroxylation sites is 1. The van der Waals surface area contributed by atoms with Crippen LogP contribution in [0.4, 0.5) is 0 Å². The highest BCUT2D eigenvalue weighted by Crippen LogP contribution is 2.24. The number of carbonyl (C=O) groups excluding carboxylic acids is 1. The van der Waals surface area contributed by atoms with Crippen LogP contribution in [-0.4, -0.2) is 41.6 Å². The van der Waals surface area contributed by atoms with Crippen LogP contribution in [0.1, 0.15) is 34.3 Å². The molecule has 5 heteroatoms. The number of nitrogens with one attached hydrogen (secondary N) is 1. The number of aromatic nitrogens is 1. The number of nitrogens with zero attached hydrogens (tertiary/aromatic N) is 2. The van der Waals surface area contributed by atoms with Crippen LogP contribution in [0.25, 0.3) is 10.9 Å². The fourth-order valence-corrected chi connectivity index (χ4v) is 4.87. The van der Waals surface area contributed by atoms with Crippen molar-refractivity contribution in [3.63, 3.8) is 0 Å². The summed E-state index contributed by atoms with van der Waals surface area (Å²) >= 11 is 0. The van der Waals surface area contributed by atoms with Crippen LogP contribution in [0.2, 0.25) is 0 Å². The van der Waals surface area contributed by atoms with Crippen LogP contribution in [0.5, 0.6) is 5.75 Å². The third-order valence-electron chi connectivity index (χ3n) is 6.69. The molecule has 0 atom stereocenters. The number of amides is 1. The summed E-state index contributed by atoms with van der Waals surface area (Å²) in [6, 6.07) is 27.0. The Hall–Kier alpha value is -3.57. The van der Waals surface area contributed by atoms with E-state index in [9.17, 15) is 4.79 Å². The maximum atomic E-state index is 13.3. The standard InChI is InChI=1S/C29H31N3O2/c1-34-25-11-7-10-23(18-25)19-31-16-14-24(15-17-31)30-29(33)27-21-32(20-22-8-3-2-4-9-22)28-13-6-5-12-26(27)28/h2-13,18,21,24H,14-17,19-20H2,1H3,(H,30,33). The second kappa shape index (κ2) is 10.1. The molecule has 3 aromatic carbocycles. The van der Waals surface area contributed by atoms with Crippen molar-refractivity contribution in [2.75, 3.05) is 20.2 Å². The van der Waals surface area contributed by atoms with E-state index in [0.717, 1.165) is 61.2 Å². The number of hydrogen-bond acceptors (Lipinski definition) is 3. The molecule has 1 N–H and O–H groups in total. The number of hydrogen-bond donors (Lipinski definition) is 1. The van der Waals surface area contributed by atoms with Gasteiger partial charge < -0.3 is 14.6 Å². The molecule has 5 nitrogen and oxygen atoms in total. The molecule has 4 aromatic rings. The second-order valence-electron chi connectivity index (χ2n) is 9.05. The van der Waals surface area contributed by atoms with Gasteiger partial charge in [-0.3, -0.25) is 9.69 Å². The maximum absolute atomic E-state index is 13.3. The molecular formula is C29H31N3O2. The van der Waals surface area contributed by atoms with Crippen molar-refractivity contribution in [2.24, 2.45) is 0 Å². The monoisotopic (exact) mass is 453 g/mol. The van der Waals surface area contributed by atoms with Crippen molar-refractivity contribution in [3.8, 4) is 5.75 Å². The van der Waals surface area contributed by atoms with E-state index in [-0.39, 0.29) is 11.9 Å². The van der Waals surface area contributed by atoms with Gasteiger partial charge >= 0.3 is 0 Å². The smallest absolute Gasteiger partial charge is 0.253 e. The molecule has 1 fully saturated rings. The highest BCUT2D eigenvalue weighted by molar-refractivity contribution is 6.07. The Morgan fingerprint density at radius 1 is 0.912 bits per heavy atom. The van der Waals surface area contributed by atoms with Gasteiger partial charge in [-0.1, -0.05) is 60.7 Å². The quantitative estimate of drug-likeness (QED) is 0.424. The lowest BCUT2D eigenvalue weighted by molar-refractivity contribution is 0.0910. The molecule has 1 aromatic heterocycles. The zero-order valence-corrected chi connectivity index (χ0v) is 19.6.